The molecular formula is C20H27N3O3S. The molecule has 1 aromatic carbocycles. The van der Waals surface area contributed by atoms with Crippen molar-refractivity contribution in [1.29, 1.82) is 0 Å². The fourth-order valence-electron chi connectivity index (χ4n) is 2.59. The molecule has 0 unspecified atom stereocenters. The molecule has 0 saturated carbocycles. The Morgan fingerprint density at radius 2 is 1.85 bits per heavy atom. The summed E-state index contributed by atoms with van der Waals surface area (Å²) in [6.07, 6.45) is 0.353. The summed E-state index contributed by atoms with van der Waals surface area (Å²) in [6.45, 7) is 7.46. The summed E-state index contributed by atoms with van der Waals surface area (Å²) >= 11 is 1.55. The molecule has 0 bridgehead atoms. The lowest BCUT2D eigenvalue weighted by molar-refractivity contribution is -0.121. The van der Waals surface area contributed by atoms with Crippen LogP contribution in [0.3, 0.4) is 0 Å². The topological polar surface area (TPSA) is 71.5 Å². The zero-order valence-electron chi connectivity index (χ0n) is 16.2. The van der Waals surface area contributed by atoms with Crippen LogP contribution in [0.25, 0.3) is 0 Å². The standard InChI is InChI=1S/C20H27N3O3S/c1-4-23(5-2)13-16-14-27-20(22-16)12-21-19(25)11-10-18(24)15-6-8-17(26-3)9-7-15/h6-9,14H,4-5,10-13H2,1-3H3,(H,21,25). The smallest absolute Gasteiger partial charge is 0.220 e. The van der Waals surface area contributed by atoms with E-state index in [4.69, 9.17) is 4.74 Å². The molecule has 0 fully saturated rings. The molecule has 0 saturated heterocycles. The number of nitrogens with zero attached hydrogens (tertiary/aromatic N) is 2. The van der Waals surface area contributed by atoms with Crippen LogP contribution in [0, 0.1) is 0 Å². The minimum Gasteiger partial charge on any atom is -0.497 e. The van der Waals surface area contributed by atoms with E-state index >= 15 is 0 Å². The molecule has 1 N–H and O–H groups in total. The number of ether oxygens (including phenoxy) is 1. The fraction of sp³-hybridized carbons (Fsp3) is 0.450. The molecule has 1 aromatic heterocycles. The molecule has 27 heavy (non-hydrogen) atoms. The van der Waals surface area contributed by atoms with Gasteiger partial charge in [0, 0.05) is 30.3 Å². The van der Waals surface area contributed by atoms with E-state index in [0.29, 0.717) is 17.9 Å². The number of amides is 1. The molecule has 2 rings (SSSR count). The van der Waals surface area contributed by atoms with E-state index in [0.717, 1.165) is 30.3 Å². The normalized spacial score (nSPS) is 10.8. The van der Waals surface area contributed by atoms with Gasteiger partial charge in [-0.05, 0) is 37.4 Å². The summed E-state index contributed by atoms with van der Waals surface area (Å²) < 4.78 is 5.07. The summed E-state index contributed by atoms with van der Waals surface area (Å²) in [7, 11) is 1.58. The number of methoxy groups -OCH3 is 1. The second-order valence-corrected chi connectivity index (χ2v) is 7.07. The van der Waals surface area contributed by atoms with E-state index in [1.807, 2.05) is 5.38 Å². The quantitative estimate of drug-likeness (QED) is 0.597. The number of benzene rings is 1. The molecule has 0 aliphatic rings. The van der Waals surface area contributed by atoms with Crippen LogP contribution in [0.1, 0.15) is 47.7 Å². The van der Waals surface area contributed by atoms with Crippen molar-refractivity contribution in [2.75, 3.05) is 20.2 Å². The summed E-state index contributed by atoms with van der Waals surface area (Å²) in [6, 6.07) is 6.91. The first-order valence-corrected chi connectivity index (χ1v) is 10.0. The van der Waals surface area contributed by atoms with E-state index in [1.54, 1.807) is 42.7 Å². The first-order valence-electron chi connectivity index (χ1n) is 9.15. The van der Waals surface area contributed by atoms with Gasteiger partial charge in [-0.15, -0.1) is 11.3 Å². The van der Waals surface area contributed by atoms with Gasteiger partial charge < -0.3 is 10.1 Å². The molecule has 0 atom stereocenters. The number of ketones is 1. The number of hydrogen-bond acceptors (Lipinski definition) is 6. The van der Waals surface area contributed by atoms with E-state index in [9.17, 15) is 9.59 Å². The average molecular weight is 390 g/mol. The zero-order valence-corrected chi connectivity index (χ0v) is 17.0. The van der Waals surface area contributed by atoms with Crippen LogP contribution in [0.2, 0.25) is 0 Å². The van der Waals surface area contributed by atoms with E-state index in [-0.39, 0.29) is 24.5 Å². The van der Waals surface area contributed by atoms with Crippen molar-refractivity contribution < 1.29 is 14.3 Å². The highest BCUT2D eigenvalue weighted by molar-refractivity contribution is 7.09. The summed E-state index contributed by atoms with van der Waals surface area (Å²) in [4.78, 5) is 31.0. The highest BCUT2D eigenvalue weighted by Crippen LogP contribution is 2.14. The van der Waals surface area contributed by atoms with Crippen LogP contribution in [0.5, 0.6) is 5.75 Å². The van der Waals surface area contributed by atoms with E-state index in [2.05, 4.69) is 29.0 Å². The van der Waals surface area contributed by atoms with Gasteiger partial charge in [0.15, 0.2) is 5.78 Å². The first kappa shape index (κ1) is 21.1. The molecule has 2 aromatic rings. The lowest BCUT2D eigenvalue weighted by Crippen LogP contribution is -2.24. The number of carbonyl (C=O) groups excluding carboxylic acids is 2. The van der Waals surface area contributed by atoms with Crippen molar-refractivity contribution >= 4 is 23.0 Å². The van der Waals surface area contributed by atoms with Crippen molar-refractivity contribution in [3.05, 3.63) is 45.9 Å². The Morgan fingerprint density at radius 3 is 2.48 bits per heavy atom. The van der Waals surface area contributed by atoms with E-state index < -0.39 is 0 Å². The number of thiazole rings is 1. The second-order valence-electron chi connectivity index (χ2n) is 6.12. The third-order valence-corrected chi connectivity index (χ3v) is 5.20. The fourth-order valence-corrected chi connectivity index (χ4v) is 3.31. The van der Waals surface area contributed by atoms with Gasteiger partial charge in [0.25, 0.3) is 0 Å². The summed E-state index contributed by atoms with van der Waals surface area (Å²) in [5, 5.41) is 5.76. The van der Waals surface area contributed by atoms with Crippen molar-refractivity contribution in [1.82, 2.24) is 15.2 Å². The zero-order chi connectivity index (χ0) is 19.6. The minimum atomic E-state index is -0.141. The van der Waals surface area contributed by atoms with Gasteiger partial charge in [0.2, 0.25) is 5.91 Å². The Bertz CT molecular complexity index is 739. The van der Waals surface area contributed by atoms with E-state index in [1.165, 1.54) is 0 Å². The van der Waals surface area contributed by atoms with Gasteiger partial charge in [-0.3, -0.25) is 14.5 Å². The van der Waals surface area contributed by atoms with Crippen LogP contribution >= 0.6 is 11.3 Å². The molecule has 1 amide bonds. The number of aromatic nitrogens is 1. The molecule has 7 heteroatoms. The SMILES string of the molecule is CCN(CC)Cc1csc(CNC(=O)CCC(=O)c2ccc(OC)cc2)n1. The lowest BCUT2D eigenvalue weighted by Gasteiger charge is -2.15. The van der Waals surface area contributed by atoms with Gasteiger partial charge in [0.05, 0.1) is 19.3 Å². The first-order chi connectivity index (χ1) is 13.0. The monoisotopic (exact) mass is 389 g/mol. The number of rotatable bonds is 11. The Labute approximate surface area is 164 Å². The highest BCUT2D eigenvalue weighted by atomic mass is 32.1. The maximum absolute atomic E-state index is 12.2. The molecule has 146 valence electrons. The van der Waals surface area contributed by atoms with Crippen molar-refractivity contribution in [3.8, 4) is 5.75 Å². The maximum atomic E-state index is 12.2. The Kier molecular flexibility index (Phi) is 8.42. The van der Waals surface area contributed by atoms with Gasteiger partial charge >= 0.3 is 0 Å². The van der Waals surface area contributed by atoms with Gasteiger partial charge in [0.1, 0.15) is 10.8 Å². The number of nitrogens with one attached hydrogen (secondary N) is 1. The maximum Gasteiger partial charge on any atom is 0.220 e. The Morgan fingerprint density at radius 1 is 1.15 bits per heavy atom. The largest absolute Gasteiger partial charge is 0.497 e. The van der Waals surface area contributed by atoms with Crippen molar-refractivity contribution in [3.63, 3.8) is 0 Å². The van der Waals surface area contributed by atoms with Crippen molar-refractivity contribution in [2.24, 2.45) is 0 Å². The molecule has 0 radical (unpaired) electrons. The minimum absolute atomic E-state index is 0.0523. The third kappa shape index (κ3) is 6.77. The summed E-state index contributed by atoms with van der Waals surface area (Å²) in [5.74, 6) is 0.508. The Hall–Kier alpha value is -2.25. The van der Waals surface area contributed by atoms with Crippen LogP contribution in [-0.2, 0) is 17.9 Å². The number of carbonyl (C=O) groups is 2. The van der Waals surface area contributed by atoms with Crippen LogP contribution in [0.15, 0.2) is 29.6 Å². The molecule has 0 spiro atoms. The predicted molar refractivity (Wildman–Crippen MR) is 107 cm³/mol. The second kappa shape index (κ2) is 10.8. The van der Waals surface area contributed by atoms with Crippen molar-refractivity contribution in [2.45, 2.75) is 39.8 Å². The van der Waals surface area contributed by atoms with Crippen LogP contribution in [-0.4, -0.2) is 41.8 Å². The van der Waals surface area contributed by atoms with Gasteiger partial charge in [-0.1, -0.05) is 13.8 Å². The third-order valence-electron chi connectivity index (χ3n) is 4.31. The number of Topliss-reactive ketones (excluding diaryl/α,β-unsaturated/α-hetero) is 1. The Balaban J connectivity index is 1.74. The van der Waals surface area contributed by atoms with Gasteiger partial charge in [-0.2, -0.15) is 0 Å². The van der Waals surface area contributed by atoms with Crippen LogP contribution < -0.4 is 10.1 Å². The molecule has 6 nitrogen and oxygen atoms in total. The molecular weight excluding hydrogens is 362 g/mol. The van der Waals surface area contributed by atoms with Crippen LogP contribution in [0.4, 0.5) is 0 Å². The predicted octanol–water partition coefficient (Wildman–Crippen LogP) is 3.27. The molecule has 1 heterocycles. The molecule has 0 aliphatic heterocycles. The highest BCUT2D eigenvalue weighted by Gasteiger charge is 2.11. The lowest BCUT2D eigenvalue weighted by atomic mass is 10.1. The number of hydrogen-bond donors (Lipinski definition) is 1. The summed E-state index contributed by atoms with van der Waals surface area (Å²) in [5.41, 5.74) is 1.62. The average Bonchev–Trinajstić information content (AvgIpc) is 3.16. The van der Waals surface area contributed by atoms with Gasteiger partial charge in [-0.25, -0.2) is 4.98 Å². The molecule has 0 aliphatic carbocycles.